The maximum absolute atomic E-state index is 12.8. The number of piperidine rings is 1. The molecular formula is C13H18BrClN2O2S. The lowest BCUT2D eigenvalue weighted by Crippen LogP contribution is -2.51. The molecule has 0 bridgehead atoms. The predicted octanol–water partition coefficient (Wildman–Crippen LogP) is 2.99. The monoisotopic (exact) mass is 380 g/mol. The molecule has 1 aromatic carbocycles. The zero-order chi connectivity index (χ0) is 14.9. The van der Waals surface area contributed by atoms with E-state index in [1.165, 1.54) is 10.4 Å². The van der Waals surface area contributed by atoms with E-state index in [1.54, 1.807) is 12.1 Å². The molecule has 0 aromatic heterocycles. The van der Waals surface area contributed by atoms with Crippen molar-refractivity contribution in [1.82, 2.24) is 4.31 Å². The molecule has 1 heterocycles. The van der Waals surface area contributed by atoms with Gasteiger partial charge in [-0.3, -0.25) is 0 Å². The van der Waals surface area contributed by atoms with Gasteiger partial charge in [-0.15, -0.1) is 0 Å². The highest BCUT2D eigenvalue weighted by Crippen LogP contribution is 2.32. The van der Waals surface area contributed by atoms with Gasteiger partial charge in [-0.1, -0.05) is 18.0 Å². The van der Waals surface area contributed by atoms with E-state index >= 15 is 0 Å². The Kier molecular flexibility index (Phi) is 5.13. The molecule has 1 aliphatic heterocycles. The van der Waals surface area contributed by atoms with Crippen molar-refractivity contribution in [1.29, 1.82) is 0 Å². The highest BCUT2D eigenvalue weighted by Gasteiger charge is 2.36. The van der Waals surface area contributed by atoms with Gasteiger partial charge in [-0.2, -0.15) is 4.31 Å². The Morgan fingerprint density at radius 1 is 1.45 bits per heavy atom. The van der Waals surface area contributed by atoms with Crippen molar-refractivity contribution in [3.63, 3.8) is 0 Å². The average Bonchev–Trinajstić information content (AvgIpc) is 2.38. The summed E-state index contributed by atoms with van der Waals surface area (Å²) >= 11 is 9.16. The minimum absolute atomic E-state index is 0.142. The Labute approximate surface area is 133 Å². The number of sulfonamides is 1. The molecule has 0 aliphatic carbocycles. The van der Waals surface area contributed by atoms with Crippen molar-refractivity contribution in [2.24, 2.45) is 5.73 Å². The lowest BCUT2D eigenvalue weighted by Gasteiger charge is -2.37. The maximum Gasteiger partial charge on any atom is 0.244 e. The van der Waals surface area contributed by atoms with E-state index in [0.717, 1.165) is 19.3 Å². The van der Waals surface area contributed by atoms with Gasteiger partial charge in [0.2, 0.25) is 10.0 Å². The number of hydrogen-bond acceptors (Lipinski definition) is 3. The molecule has 2 unspecified atom stereocenters. The molecule has 1 aromatic rings. The molecule has 2 atom stereocenters. The van der Waals surface area contributed by atoms with E-state index in [1.807, 2.05) is 6.92 Å². The third-order valence-corrected chi connectivity index (χ3v) is 6.72. The van der Waals surface area contributed by atoms with Crippen LogP contribution in [-0.4, -0.2) is 31.4 Å². The van der Waals surface area contributed by atoms with Gasteiger partial charge in [0, 0.05) is 28.1 Å². The smallest absolute Gasteiger partial charge is 0.244 e. The zero-order valence-corrected chi connectivity index (χ0v) is 14.4. The van der Waals surface area contributed by atoms with Crippen LogP contribution in [0.25, 0.3) is 0 Å². The Morgan fingerprint density at radius 3 is 2.75 bits per heavy atom. The fourth-order valence-corrected chi connectivity index (χ4v) is 5.68. The zero-order valence-electron chi connectivity index (χ0n) is 11.2. The van der Waals surface area contributed by atoms with Crippen LogP contribution in [0.2, 0.25) is 5.02 Å². The largest absolute Gasteiger partial charge is 0.326 e. The van der Waals surface area contributed by atoms with Crippen molar-refractivity contribution in [3.05, 3.63) is 27.7 Å². The molecule has 1 fully saturated rings. The second kappa shape index (κ2) is 6.32. The van der Waals surface area contributed by atoms with Gasteiger partial charge in [-0.05, 0) is 53.9 Å². The van der Waals surface area contributed by atoms with Crippen LogP contribution < -0.4 is 5.73 Å². The summed E-state index contributed by atoms with van der Waals surface area (Å²) in [5, 5.41) is 0.498. The first kappa shape index (κ1) is 16.2. The van der Waals surface area contributed by atoms with E-state index in [4.69, 9.17) is 17.3 Å². The van der Waals surface area contributed by atoms with Crippen LogP contribution >= 0.6 is 27.5 Å². The highest BCUT2D eigenvalue weighted by molar-refractivity contribution is 9.10. The average molecular weight is 382 g/mol. The van der Waals surface area contributed by atoms with Crippen LogP contribution in [-0.2, 0) is 10.0 Å². The summed E-state index contributed by atoms with van der Waals surface area (Å²) in [6.45, 7) is 2.37. The van der Waals surface area contributed by atoms with Crippen molar-refractivity contribution < 1.29 is 8.42 Å². The molecular weight excluding hydrogens is 364 g/mol. The van der Waals surface area contributed by atoms with Crippen LogP contribution in [0.4, 0.5) is 0 Å². The fraction of sp³-hybridized carbons (Fsp3) is 0.538. The predicted molar refractivity (Wildman–Crippen MR) is 84.3 cm³/mol. The molecule has 1 saturated heterocycles. The van der Waals surface area contributed by atoms with Gasteiger partial charge in [0.25, 0.3) is 0 Å². The third kappa shape index (κ3) is 3.20. The number of rotatable bonds is 3. The number of halogens is 2. The van der Waals surface area contributed by atoms with Crippen LogP contribution in [0, 0.1) is 0 Å². The Morgan fingerprint density at radius 2 is 2.15 bits per heavy atom. The second-order valence-electron chi connectivity index (χ2n) is 5.11. The van der Waals surface area contributed by atoms with Crippen LogP contribution in [0.3, 0.4) is 0 Å². The summed E-state index contributed by atoms with van der Waals surface area (Å²) in [4.78, 5) is 0.245. The quantitative estimate of drug-likeness (QED) is 0.875. The molecule has 0 spiro atoms. The number of nitrogens with two attached hydrogens (primary N) is 1. The molecule has 0 amide bonds. The molecule has 2 rings (SSSR count). The number of benzene rings is 1. The first-order valence-electron chi connectivity index (χ1n) is 6.56. The van der Waals surface area contributed by atoms with Gasteiger partial charge in [0.05, 0.1) is 4.90 Å². The van der Waals surface area contributed by atoms with Crippen LogP contribution in [0.15, 0.2) is 27.6 Å². The van der Waals surface area contributed by atoms with Crippen LogP contribution in [0.1, 0.15) is 26.2 Å². The third-order valence-electron chi connectivity index (χ3n) is 3.59. The lowest BCUT2D eigenvalue weighted by molar-refractivity contribution is 0.227. The topological polar surface area (TPSA) is 63.4 Å². The van der Waals surface area contributed by atoms with Crippen molar-refractivity contribution in [2.75, 3.05) is 6.54 Å². The summed E-state index contributed by atoms with van der Waals surface area (Å²) in [5.41, 5.74) is 5.96. The van der Waals surface area contributed by atoms with E-state index in [9.17, 15) is 8.42 Å². The summed E-state index contributed by atoms with van der Waals surface area (Å²) in [6, 6.07) is 4.39. The van der Waals surface area contributed by atoms with E-state index < -0.39 is 10.0 Å². The van der Waals surface area contributed by atoms with E-state index in [2.05, 4.69) is 15.9 Å². The minimum Gasteiger partial charge on any atom is -0.326 e. The molecule has 20 heavy (non-hydrogen) atoms. The standard InChI is InChI=1S/C13H18BrClN2O2S/c1-9(16)12-4-2-3-7-17(12)20(18,19)13-6-5-10(15)8-11(13)14/h5-6,8-9,12H,2-4,7,16H2,1H3. The minimum atomic E-state index is -3.56. The van der Waals surface area contributed by atoms with Gasteiger partial charge >= 0.3 is 0 Å². The summed E-state index contributed by atoms with van der Waals surface area (Å²) in [5.74, 6) is 0. The molecule has 7 heteroatoms. The van der Waals surface area contributed by atoms with Gasteiger partial charge in [0.15, 0.2) is 0 Å². The maximum atomic E-state index is 12.8. The molecule has 112 valence electrons. The van der Waals surface area contributed by atoms with E-state index in [0.29, 0.717) is 16.0 Å². The first-order valence-corrected chi connectivity index (χ1v) is 9.17. The lowest BCUT2D eigenvalue weighted by atomic mass is 10.00. The van der Waals surface area contributed by atoms with Gasteiger partial charge in [0.1, 0.15) is 0 Å². The summed E-state index contributed by atoms with van der Waals surface area (Å²) in [7, 11) is -3.56. The SMILES string of the molecule is CC(N)C1CCCCN1S(=O)(=O)c1ccc(Cl)cc1Br. The summed E-state index contributed by atoms with van der Waals surface area (Å²) < 4.78 is 27.7. The fourth-order valence-electron chi connectivity index (χ4n) is 2.57. The Balaban J connectivity index is 2.42. The molecule has 1 aliphatic rings. The second-order valence-corrected chi connectivity index (χ2v) is 8.26. The van der Waals surface area contributed by atoms with Gasteiger partial charge in [-0.25, -0.2) is 8.42 Å². The molecule has 0 radical (unpaired) electrons. The van der Waals surface area contributed by atoms with Crippen molar-refractivity contribution >= 4 is 37.6 Å². The van der Waals surface area contributed by atoms with Gasteiger partial charge < -0.3 is 5.73 Å². The number of nitrogens with zero attached hydrogens (tertiary/aromatic N) is 1. The Bertz CT molecular complexity index is 592. The highest BCUT2D eigenvalue weighted by atomic mass is 79.9. The Hall–Kier alpha value is -0.140. The van der Waals surface area contributed by atoms with Crippen molar-refractivity contribution in [2.45, 2.75) is 43.2 Å². The number of hydrogen-bond donors (Lipinski definition) is 1. The van der Waals surface area contributed by atoms with Crippen LogP contribution in [0.5, 0.6) is 0 Å². The van der Waals surface area contributed by atoms with E-state index in [-0.39, 0.29) is 17.0 Å². The first-order chi connectivity index (χ1) is 9.34. The molecule has 4 nitrogen and oxygen atoms in total. The summed E-state index contributed by atoms with van der Waals surface area (Å²) in [6.07, 6.45) is 2.69. The normalized spacial score (nSPS) is 22.7. The molecule has 2 N–H and O–H groups in total. The van der Waals surface area contributed by atoms with Crippen molar-refractivity contribution in [3.8, 4) is 0 Å². The molecule has 0 saturated carbocycles.